The molecule has 1 heterocycles. The molecule has 0 fully saturated rings. The molecule has 1 N–H and O–H groups in total. The minimum atomic E-state index is -0.0526. The monoisotopic (exact) mass is 256 g/mol. The zero-order valence-corrected chi connectivity index (χ0v) is 11.1. The molecule has 0 aliphatic rings. The number of ketones is 1. The molecule has 0 atom stereocenters. The number of Topliss-reactive ketones (excluding diaryl/α,β-unsaturated/α-hetero) is 1. The maximum atomic E-state index is 11.8. The van der Waals surface area contributed by atoms with E-state index in [0.717, 1.165) is 10.8 Å². The molecule has 98 valence electrons. The molecular weight excluding hydrogens is 240 g/mol. The van der Waals surface area contributed by atoms with Gasteiger partial charge in [-0.05, 0) is 12.1 Å². The number of carbonyl (C=O) groups excluding carboxylic acids is 1. The van der Waals surface area contributed by atoms with Gasteiger partial charge in [0.2, 0.25) is 0 Å². The molecule has 0 unspecified atom stereocenters. The summed E-state index contributed by atoms with van der Waals surface area (Å²) < 4.78 is 5.08. The highest BCUT2D eigenvalue weighted by Gasteiger charge is 2.15. The first-order valence-corrected chi connectivity index (χ1v) is 6.14. The minimum Gasteiger partial charge on any atom is -0.507 e. The second kappa shape index (κ2) is 5.17. The van der Waals surface area contributed by atoms with Gasteiger partial charge < -0.3 is 9.52 Å². The molecule has 0 saturated heterocycles. The van der Waals surface area contributed by atoms with E-state index in [9.17, 15) is 9.90 Å². The highest BCUT2D eigenvalue weighted by atomic mass is 16.3. The highest BCUT2D eigenvalue weighted by molar-refractivity contribution is 5.95. The fourth-order valence-electron chi connectivity index (χ4n) is 1.88. The minimum absolute atomic E-state index is 0.0526. The van der Waals surface area contributed by atoms with Gasteiger partial charge in [0.15, 0.2) is 0 Å². The van der Waals surface area contributed by atoms with E-state index in [2.05, 4.69) is 12.3 Å². The van der Waals surface area contributed by atoms with E-state index in [1.807, 2.05) is 13.8 Å². The Morgan fingerprint density at radius 1 is 1.37 bits per heavy atom. The molecule has 0 amide bonds. The van der Waals surface area contributed by atoms with Crippen molar-refractivity contribution < 1.29 is 14.3 Å². The van der Waals surface area contributed by atoms with E-state index < -0.39 is 0 Å². The number of rotatable bonds is 4. The van der Waals surface area contributed by atoms with Gasteiger partial charge >= 0.3 is 0 Å². The predicted octanol–water partition coefficient (Wildman–Crippen LogP) is 3.92. The fourth-order valence-corrected chi connectivity index (χ4v) is 1.88. The second-order valence-electron chi connectivity index (χ2n) is 4.82. The van der Waals surface area contributed by atoms with Gasteiger partial charge in [0.1, 0.15) is 11.5 Å². The van der Waals surface area contributed by atoms with Crippen molar-refractivity contribution in [3.8, 4) is 5.75 Å². The molecule has 0 aliphatic heterocycles. The van der Waals surface area contributed by atoms with Crippen LogP contribution in [0.3, 0.4) is 0 Å². The van der Waals surface area contributed by atoms with E-state index in [1.54, 1.807) is 24.7 Å². The summed E-state index contributed by atoms with van der Waals surface area (Å²) in [7, 11) is 0. The van der Waals surface area contributed by atoms with Crippen LogP contribution >= 0.6 is 0 Å². The first-order valence-electron chi connectivity index (χ1n) is 6.14. The number of benzene rings is 1. The number of phenolic OH excluding ortho intramolecular Hbond substituents is 1. The maximum Gasteiger partial charge on any atom is 0.140 e. The van der Waals surface area contributed by atoms with Crippen molar-refractivity contribution in [1.29, 1.82) is 0 Å². The Morgan fingerprint density at radius 3 is 2.58 bits per heavy atom. The van der Waals surface area contributed by atoms with Crippen molar-refractivity contribution in [1.82, 2.24) is 0 Å². The van der Waals surface area contributed by atoms with Crippen molar-refractivity contribution in [2.45, 2.75) is 20.3 Å². The van der Waals surface area contributed by atoms with Crippen molar-refractivity contribution in [3.05, 3.63) is 42.5 Å². The Kier molecular flexibility index (Phi) is 3.59. The van der Waals surface area contributed by atoms with Crippen molar-refractivity contribution in [2.75, 3.05) is 0 Å². The Labute approximate surface area is 111 Å². The lowest BCUT2D eigenvalue weighted by Crippen LogP contribution is -2.07. The molecule has 3 heteroatoms. The van der Waals surface area contributed by atoms with E-state index in [-0.39, 0.29) is 23.9 Å². The third-order valence-corrected chi connectivity index (χ3v) is 3.12. The van der Waals surface area contributed by atoms with E-state index in [0.29, 0.717) is 11.1 Å². The molecule has 3 nitrogen and oxygen atoms in total. The number of hydrogen-bond donors (Lipinski definition) is 1. The molecule has 19 heavy (non-hydrogen) atoms. The van der Waals surface area contributed by atoms with E-state index in [4.69, 9.17) is 4.42 Å². The van der Waals surface area contributed by atoms with Gasteiger partial charge in [0.05, 0.1) is 12.5 Å². The summed E-state index contributed by atoms with van der Waals surface area (Å²) >= 11 is 0. The SMILES string of the molecule is C=C=C(CC(=O)C(C)C)c1cc2cocc2cc1O. The second-order valence-corrected chi connectivity index (χ2v) is 4.82. The fraction of sp³-hybridized carbons (Fsp3) is 0.250. The molecule has 1 aromatic carbocycles. The summed E-state index contributed by atoms with van der Waals surface area (Å²) in [5, 5.41) is 11.7. The van der Waals surface area contributed by atoms with E-state index in [1.165, 1.54) is 0 Å². The molecule has 0 saturated carbocycles. The number of aromatic hydroxyl groups is 1. The molecule has 2 aromatic rings. The Balaban J connectivity index is 2.43. The summed E-state index contributed by atoms with van der Waals surface area (Å²) in [5.41, 5.74) is 3.95. The summed E-state index contributed by atoms with van der Waals surface area (Å²) in [6.45, 7) is 7.31. The number of fused-ring (bicyclic) bond motifs is 1. The van der Waals surface area contributed by atoms with Gasteiger partial charge in [0, 0.05) is 34.2 Å². The van der Waals surface area contributed by atoms with Crippen molar-refractivity contribution in [2.24, 2.45) is 5.92 Å². The summed E-state index contributed by atoms with van der Waals surface area (Å²) in [4.78, 5) is 11.8. The van der Waals surface area contributed by atoms with Crippen LogP contribution in [0.15, 0.2) is 41.4 Å². The van der Waals surface area contributed by atoms with Gasteiger partial charge in [-0.2, -0.15) is 0 Å². The lowest BCUT2D eigenvalue weighted by Gasteiger charge is -2.09. The van der Waals surface area contributed by atoms with Crippen LogP contribution in [0, 0.1) is 5.92 Å². The van der Waals surface area contributed by atoms with Crippen LogP contribution in [0.2, 0.25) is 0 Å². The number of furan rings is 1. The van der Waals surface area contributed by atoms with Crippen LogP contribution in [0.4, 0.5) is 0 Å². The van der Waals surface area contributed by atoms with Crippen LogP contribution in [0.25, 0.3) is 16.3 Å². The van der Waals surface area contributed by atoms with E-state index >= 15 is 0 Å². The lowest BCUT2D eigenvalue weighted by molar-refractivity contribution is -0.120. The highest BCUT2D eigenvalue weighted by Crippen LogP contribution is 2.32. The average molecular weight is 256 g/mol. The molecule has 1 aromatic heterocycles. The molecule has 2 rings (SSSR count). The number of carbonyl (C=O) groups is 1. The smallest absolute Gasteiger partial charge is 0.140 e. The van der Waals surface area contributed by atoms with Crippen molar-refractivity contribution in [3.63, 3.8) is 0 Å². The topological polar surface area (TPSA) is 50.4 Å². The third-order valence-electron chi connectivity index (χ3n) is 3.12. The van der Waals surface area contributed by atoms with Gasteiger partial charge in [-0.3, -0.25) is 4.79 Å². The third kappa shape index (κ3) is 2.61. The van der Waals surface area contributed by atoms with Gasteiger partial charge in [-0.1, -0.05) is 20.4 Å². The summed E-state index contributed by atoms with van der Waals surface area (Å²) in [6.07, 6.45) is 3.39. The van der Waals surface area contributed by atoms with Gasteiger partial charge in [-0.25, -0.2) is 0 Å². The van der Waals surface area contributed by atoms with Crippen LogP contribution in [0.1, 0.15) is 25.8 Å². The Morgan fingerprint density at radius 2 is 2.00 bits per heavy atom. The normalized spacial score (nSPS) is 10.7. The first kappa shape index (κ1) is 13.2. The zero-order chi connectivity index (χ0) is 14.0. The van der Waals surface area contributed by atoms with Gasteiger partial charge in [-0.15, -0.1) is 5.73 Å². The quantitative estimate of drug-likeness (QED) is 0.843. The zero-order valence-electron chi connectivity index (χ0n) is 11.1. The standard InChI is InChI=1S/C16H16O3/c1-4-11(6-15(17)10(2)3)14-5-12-8-19-9-13(12)7-16(14)18/h5,7-10,18H,1,6H2,2-3H3. The first-order chi connectivity index (χ1) is 9.02. The largest absolute Gasteiger partial charge is 0.507 e. The van der Waals surface area contributed by atoms with Crippen LogP contribution in [0.5, 0.6) is 5.75 Å². The molecule has 0 radical (unpaired) electrons. The number of allylic oxidation sites excluding steroid dienone is 1. The molecule has 0 bridgehead atoms. The Hall–Kier alpha value is -2.25. The van der Waals surface area contributed by atoms with Gasteiger partial charge in [0.25, 0.3) is 0 Å². The lowest BCUT2D eigenvalue weighted by atomic mass is 9.95. The predicted molar refractivity (Wildman–Crippen MR) is 74.9 cm³/mol. The summed E-state index contributed by atoms with van der Waals surface area (Å²) in [6, 6.07) is 3.40. The molecule has 0 aliphatic carbocycles. The van der Waals surface area contributed by atoms with Crippen LogP contribution in [-0.4, -0.2) is 10.9 Å². The molecular formula is C16H16O3. The average Bonchev–Trinajstić information content (AvgIpc) is 2.81. The Bertz CT molecular complexity index is 670. The number of hydrogen-bond acceptors (Lipinski definition) is 3. The van der Waals surface area contributed by atoms with Crippen LogP contribution in [-0.2, 0) is 4.79 Å². The van der Waals surface area contributed by atoms with Crippen molar-refractivity contribution >= 4 is 22.1 Å². The maximum absolute atomic E-state index is 11.8. The van der Waals surface area contributed by atoms with Crippen LogP contribution < -0.4 is 0 Å². The summed E-state index contributed by atoms with van der Waals surface area (Å²) in [5.74, 6) is 0.151. The number of phenols is 1. The molecule has 0 spiro atoms.